The molecule has 2 aliphatic heterocycles. The molecule has 6 aromatic rings. The summed E-state index contributed by atoms with van der Waals surface area (Å²) in [5, 5.41) is 10.7. The second-order valence-corrected chi connectivity index (χ2v) is 15.4. The summed E-state index contributed by atoms with van der Waals surface area (Å²) in [4.78, 5) is 42.4. The Bertz CT molecular complexity index is 2600. The summed E-state index contributed by atoms with van der Waals surface area (Å²) < 4.78 is 48.7. The number of pyridine rings is 2. The van der Waals surface area contributed by atoms with Gasteiger partial charge in [0.15, 0.2) is 29.6 Å². The fourth-order valence-corrected chi connectivity index (χ4v) is 6.49. The number of nitrogen functional groups attached to an aromatic ring is 1. The molecule has 69 heavy (non-hydrogen) atoms. The Morgan fingerprint density at radius 2 is 1.10 bits per heavy atom. The number of anilines is 10. The summed E-state index contributed by atoms with van der Waals surface area (Å²) >= 11 is 0. The van der Waals surface area contributed by atoms with E-state index < -0.39 is 11.6 Å². The third-order valence-corrected chi connectivity index (χ3v) is 10.1. The zero-order valence-corrected chi connectivity index (χ0v) is 39.2. The number of hydrazone groups is 1. The van der Waals surface area contributed by atoms with Gasteiger partial charge in [-0.25, -0.2) is 30.0 Å². The van der Waals surface area contributed by atoms with E-state index in [0.717, 1.165) is 64.3 Å². The third-order valence-electron chi connectivity index (χ3n) is 10.1. The van der Waals surface area contributed by atoms with Gasteiger partial charge in [-0.1, -0.05) is 0 Å². The first-order valence-electron chi connectivity index (χ1n) is 21.6. The molecule has 364 valence electrons. The third kappa shape index (κ3) is 15.0. The molecule has 0 saturated carbocycles. The highest BCUT2D eigenvalue weighted by Gasteiger charge is 2.19. The molecular formula is C46H56F2N16O5. The van der Waals surface area contributed by atoms with E-state index in [4.69, 9.17) is 24.8 Å². The molecule has 6 heterocycles. The number of benzene rings is 2. The fraction of sp³-hybridized carbons (Fsp3) is 0.304. The Kier molecular flexibility index (Phi) is 18.4. The molecule has 0 unspecified atom stereocenters. The molecule has 0 aliphatic carbocycles. The number of aromatic nitrogens is 6. The van der Waals surface area contributed by atoms with Crippen molar-refractivity contribution >= 4 is 70.2 Å². The maximum atomic E-state index is 14.1. The van der Waals surface area contributed by atoms with Crippen molar-refractivity contribution in [2.75, 3.05) is 136 Å². The SMILES string of the molecule is COc1cc(Nc2ccc(/C=N\Nc3ncc(F)c(N4CCOCC4)n3)nc2)cc(N(C)C)c1.COc1cc(Nc2ccc(C=O)nc2)cc(N(C)C)c1.NNc1ncc(F)c(N2CCOCC2)n1. The van der Waals surface area contributed by atoms with E-state index in [9.17, 15) is 13.6 Å². The molecule has 21 nitrogen and oxygen atoms in total. The molecule has 0 amide bonds. The molecule has 2 saturated heterocycles. The maximum Gasteiger partial charge on any atom is 0.245 e. The van der Waals surface area contributed by atoms with E-state index in [1.54, 1.807) is 43.8 Å². The number of hydrazine groups is 1. The van der Waals surface area contributed by atoms with Crippen LogP contribution < -0.4 is 56.4 Å². The van der Waals surface area contributed by atoms with Crippen LogP contribution in [-0.2, 0) is 9.47 Å². The number of nitrogens with zero attached hydrogens (tertiary/aromatic N) is 11. The lowest BCUT2D eigenvalue weighted by atomic mass is 10.2. The standard InChI is InChI=1S/C23H27FN8O2.C15H17N3O2.C8H12FN5O/c1-31(2)19-10-18(11-20(12-19)33-3)28-17-5-4-16(25-13-17)14-27-30-23-26-15-21(24)22(29-23)32-6-8-34-9-7-32;1-18(2)14-6-13(7-15(8-14)20-3)17-11-4-5-12(10-19)16-9-11;9-6-5-11-8(13-10)12-7(6)14-1-3-15-4-2-14/h4-5,10-15,28H,6-9H2,1-3H3,(H,26,29,30);4-10,17H,1-3H3;5H,1-4,10H2,(H,11,12,13)/b27-14-;;. The topological polar surface area (TPSA) is 231 Å². The van der Waals surface area contributed by atoms with Crippen LogP contribution in [0.5, 0.6) is 11.5 Å². The molecule has 2 aliphatic rings. The van der Waals surface area contributed by atoms with Gasteiger partial charge in [-0.2, -0.15) is 15.1 Å². The minimum atomic E-state index is -0.477. The molecule has 6 N–H and O–H groups in total. The van der Waals surface area contributed by atoms with Gasteiger partial charge in [-0.3, -0.25) is 20.2 Å². The molecule has 0 radical (unpaired) electrons. The highest BCUT2D eigenvalue weighted by Crippen LogP contribution is 2.29. The van der Waals surface area contributed by atoms with E-state index in [2.05, 4.69) is 56.5 Å². The number of halogens is 2. The predicted octanol–water partition coefficient (Wildman–Crippen LogP) is 5.56. The summed E-state index contributed by atoms with van der Waals surface area (Å²) in [6.07, 6.45) is 7.83. The lowest BCUT2D eigenvalue weighted by molar-refractivity contribution is 0.111. The molecule has 0 spiro atoms. The first-order chi connectivity index (χ1) is 33.4. The summed E-state index contributed by atoms with van der Waals surface area (Å²) in [7, 11) is 11.2. The van der Waals surface area contributed by atoms with Gasteiger partial charge >= 0.3 is 0 Å². The number of aldehydes is 1. The Balaban J connectivity index is 0.000000188. The Labute approximate surface area is 398 Å². The van der Waals surface area contributed by atoms with Crippen LogP contribution in [-0.4, -0.2) is 137 Å². The van der Waals surface area contributed by atoms with Crippen molar-refractivity contribution in [3.05, 3.63) is 108 Å². The van der Waals surface area contributed by atoms with E-state index >= 15 is 0 Å². The smallest absolute Gasteiger partial charge is 0.245 e. The molecule has 8 rings (SSSR count). The molecule has 2 aromatic carbocycles. The van der Waals surface area contributed by atoms with Gasteiger partial charge in [0.25, 0.3) is 0 Å². The number of hydrogen-bond donors (Lipinski definition) is 5. The van der Waals surface area contributed by atoms with Crippen LogP contribution in [0.15, 0.2) is 90.6 Å². The second kappa shape index (κ2) is 25.2. The molecule has 4 aromatic heterocycles. The number of rotatable bonds is 15. The first-order valence-corrected chi connectivity index (χ1v) is 21.6. The molecule has 23 heteroatoms. The van der Waals surface area contributed by atoms with Gasteiger partial charge in [-0.05, 0) is 36.4 Å². The minimum absolute atomic E-state index is 0.201. The lowest BCUT2D eigenvalue weighted by Gasteiger charge is -2.27. The Hall–Kier alpha value is -8.02. The Morgan fingerprint density at radius 3 is 1.52 bits per heavy atom. The average molecular weight is 951 g/mol. The Morgan fingerprint density at radius 1 is 0.638 bits per heavy atom. The summed E-state index contributed by atoms with van der Waals surface area (Å²) in [6, 6.07) is 19.0. The van der Waals surface area contributed by atoms with Crippen LogP contribution in [0.2, 0.25) is 0 Å². The molecule has 0 atom stereocenters. The monoisotopic (exact) mass is 950 g/mol. The highest BCUT2D eigenvalue weighted by atomic mass is 19.1. The number of morpholine rings is 2. The van der Waals surface area contributed by atoms with Gasteiger partial charge in [0, 0.05) is 101 Å². The van der Waals surface area contributed by atoms with Crippen LogP contribution >= 0.6 is 0 Å². The van der Waals surface area contributed by atoms with Crippen LogP contribution in [0.4, 0.5) is 66.4 Å². The normalized spacial score (nSPS) is 13.2. The number of methoxy groups -OCH3 is 2. The largest absolute Gasteiger partial charge is 0.497 e. The number of ether oxygens (including phenoxy) is 4. The molecule has 2 fully saturated rings. The fourth-order valence-electron chi connectivity index (χ4n) is 6.49. The van der Waals surface area contributed by atoms with Crippen LogP contribution in [0.1, 0.15) is 16.2 Å². The van der Waals surface area contributed by atoms with Crippen molar-refractivity contribution in [1.29, 1.82) is 0 Å². The maximum absolute atomic E-state index is 14.1. The molecule has 0 bridgehead atoms. The summed E-state index contributed by atoms with van der Waals surface area (Å²) in [6.45, 7) is 4.63. The van der Waals surface area contributed by atoms with Crippen molar-refractivity contribution in [3.63, 3.8) is 0 Å². The van der Waals surface area contributed by atoms with E-state index in [1.165, 1.54) is 0 Å². The van der Waals surface area contributed by atoms with Crippen molar-refractivity contribution in [2.24, 2.45) is 10.9 Å². The van der Waals surface area contributed by atoms with E-state index in [0.29, 0.717) is 64.0 Å². The summed E-state index contributed by atoms with van der Waals surface area (Å²) in [5.41, 5.74) is 11.5. The highest BCUT2D eigenvalue weighted by molar-refractivity contribution is 5.78. The zero-order chi connectivity index (χ0) is 49.1. The van der Waals surface area contributed by atoms with Crippen LogP contribution in [0.3, 0.4) is 0 Å². The number of hydrogen-bond acceptors (Lipinski definition) is 21. The van der Waals surface area contributed by atoms with Gasteiger partial charge in [0.2, 0.25) is 11.9 Å². The zero-order valence-electron chi connectivity index (χ0n) is 39.2. The van der Waals surface area contributed by atoms with Crippen molar-refractivity contribution in [1.82, 2.24) is 29.9 Å². The van der Waals surface area contributed by atoms with Gasteiger partial charge in [-0.15, -0.1) is 0 Å². The number of carbonyl (C=O) groups excluding carboxylic acids is 1. The lowest BCUT2D eigenvalue weighted by Crippen LogP contribution is -2.37. The van der Waals surface area contributed by atoms with Gasteiger partial charge in [0.05, 0.1) is 88.7 Å². The van der Waals surface area contributed by atoms with Gasteiger partial charge < -0.3 is 49.2 Å². The molecular weight excluding hydrogens is 895 g/mol. The van der Waals surface area contributed by atoms with Crippen LogP contribution in [0, 0.1) is 11.6 Å². The van der Waals surface area contributed by atoms with Crippen molar-refractivity contribution in [2.45, 2.75) is 0 Å². The van der Waals surface area contributed by atoms with Crippen LogP contribution in [0.25, 0.3) is 0 Å². The van der Waals surface area contributed by atoms with Gasteiger partial charge in [0.1, 0.15) is 17.2 Å². The second-order valence-electron chi connectivity index (χ2n) is 15.4. The first kappa shape index (κ1) is 50.4. The quantitative estimate of drug-likeness (QED) is 0.0367. The van der Waals surface area contributed by atoms with Crippen molar-refractivity contribution in [3.8, 4) is 11.5 Å². The van der Waals surface area contributed by atoms with E-state index in [-0.39, 0.29) is 23.5 Å². The predicted molar refractivity (Wildman–Crippen MR) is 264 cm³/mol. The number of nitrogens with one attached hydrogen (secondary N) is 4. The van der Waals surface area contributed by atoms with E-state index in [1.807, 2.05) is 97.5 Å². The van der Waals surface area contributed by atoms with Crippen molar-refractivity contribution < 1.29 is 32.5 Å². The summed E-state index contributed by atoms with van der Waals surface area (Å²) in [5.74, 6) is 6.68. The number of carbonyl (C=O) groups is 1. The number of nitrogens with two attached hydrogens (primary N) is 1. The average Bonchev–Trinajstić information content (AvgIpc) is 3.38. The minimum Gasteiger partial charge on any atom is -0.497 e.